The molecule has 11 heteroatoms. The molecule has 0 aliphatic carbocycles. The van der Waals surface area contributed by atoms with Crippen LogP contribution in [-0.2, 0) is 19.5 Å². The number of fused-ring (bicyclic) bond motifs is 1. The molecule has 0 fully saturated rings. The highest BCUT2D eigenvalue weighted by Crippen LogP contribution is 2.38. The summed E-state index contributed by atoms with van der Waals surface area (Å²) < 4.78 is 1.92. The van der Waals surface area contributed by atoms with Gasteiger partial charge in [0.1, 0.15) is 0 Å². The van der Waals surface area contributed by atoms with Crippen LogP contribution in [0.1, 0.15) is 56.9 Å². The van der Waals surface area contributed by atoms with Crippen molar-refractivity contribution >= 4 is 98.8 Å². The minimum Gasteiger partial charge on any atom is -0.390 e. The summed E-state index contributed by atoms with van der Waals surface area (Å²) in [6, 6.07) is 18.0. The predicted octanol–water partition coefficient (Wildman–Crippen LogP) is 8.95. The average molecular weight is 750 g/mol. The zero-order valence-corrected chi connectivity index (χ0v) is 28.8. The summed E-state index contributed by atoms with van der Waals surface area (Å²) in [5, 5.41) is 1.27. The Kier molecular flexibility index (Phi) is 9.64. The predicted molar refractivity (Wildman–Crippen MR) is 182 cm³/mol. The summed E-state index contributed by atoms with van der Waals surface area (Å²) >= 11 is 12.7. The van der Waals surface area contributed by atoms with Crippen molar-refractivity contribution in [3.8, 4) is 0 Å². The third-order valence-electron chi connectivity index (χ3n) is 6.87. The first-order chi connectivity index (χ1) is 19.6. The lowest BCUT2D eigenvalue weighted by molar-refractivity contribution is 0.103. The molecule has 5 nitrogen and oxygen atoms in total. The number of aryl methyl sites for hydroxylation is 1. The fourth-order valence-electron chi connectivity index (χ4n) is 4.76. The molecule has 0 amide bonds. The largest absolute Gasteiger partial charge is 0.390 e. The van der Waals surface area contributed by atoms with E-state index in [4.69, 9.17) is 11.5 Å². The second-order valence-corrected chi connectivity index (χ2v) is 16.9. The van der Waals surface area contributed by atoms with Crippen LogP contribution in [0.15, 0.2) is 62.2 Å². The number of thiophene rings is 4. The van der Waals surface area contributed by atoms with Crippen LogP contribution in [-0.4, -0.2) is 23.0 Å². The fraction of sp³-hybridized carbons (Fsp3) is 0.200. The number of nitrogens with zero attached hydrogens (tertiary/aromatic N) is 1. The van der Waals surface area contributed by atoms with Gasteiger partial charge in [-0.2, -0.15) is 0 Å². The van der Waals surface area contributed by atoms with Gasteiger partial charge in [0.05, 0.1) is 38.5 Å². The van der Waals surface area contributed by atoms with E-state index in [9.17, 15) is 9.59 Å². The standard InChI is InChI=1S/C19H17BrN2OS2.C11H10BrNOS2/c20-16-7-6-14(24-16)18(23)17-13-8-9-22(11-15(13)25-19(17)21)10-12-4-2-1-3-5-12;1-5-6(2)15-11(13)9(5)10(14)7-3-4-8(12)16-7/h1-7H,8-11,21H2;3-4H,13H2,1-2H3. The van der Waals surface area contributed by atoms with Crippen LogP contribution in [0.25, 0.3) is 0 Å². The maximum Gasteiger partial charge on any atom is 0.206 e. The molecular formula is C30H27Br2N3O2S4. The van der Waals surface area contributed by atoms with Crippen molar-refractivity contribution in [3.63, 3.8) is 0 Å². The average Bonchev–Trinajstić information content (AvgIpc) is 3.71. The van der Waals surface area contributed by atoms with Crippen molar-refractivity contribution in [1.29, 1.82) is 0 Å². The smallest absolute Gasteiger partial charge is 0.206 e. The highest BCUT2D eigenvalue weighted by molar-refractivity contribution is 9.11. The van der Waals surface area contributed by atoms with E-state index in [2.05, 4.69) is 61.0 Å². The number of ketones is 2. The molecule has 5 heterocycles. The number of hydrogen-bond donors (Lipinski definition) is 2. The lowest BCUT2D eigenvalue weighted by Gasteiger charge is -2.27. The molecule has 4 N–H and O–H groups in total. The Morgan fingerprint density at radius 2 is 1.39 bits per heavy atom. The number of nitrogens with two attached hydrogens (primary N) is 2. The van der Waals surface area contributed by atoms with E-state index >= 15 is 0 Å². The van der Waals surface area contributed by atoms with E-state index in [1.54, 1.807) is 11.3 Å². The van der Waals surface area contributed by atoms with E-state index in [1.165, 1.54) is 44.5 Å². The van der Waals surface area contributed by atoms with Crippen LogP contribution < -0.4 is 11.5 Å². The number of nitrogen functional groups attached to an aromatic ring is 2. The number of halogens is 2. The van der Waals surface area contributed by atoms with Crippen LogP contribution in [0.3, 0.4) is 0 Å². The summed E-state index contributed by atoms with van der Waals surface area (Å²) in [6.07, 6.45) is 0.878. The monoisotopic (exact) mass is 747 g/mol. The molecule has 0 unspecified atom stereocenters. The van der Waals surface area contributed by atoms with Gasteiger partial charge in [-0.15, -0.1) is 45.3 Å². The lowest BCUT2D eigenvalue weighted by atomic mass is 9.99. The molecule has 6 rings (SSSR count). The van der Waals surface area contributed by atoms with E-state index in [1.807, 2.05) is 44.2 Å². The number of hydrogen-bond acceptors (Lipinski definition) is 9. The van der Waals surface area contributed by atoms with Crippen LogP contribution >= 0.6 is 77.2 Å². The second-order valence-electron chi connectivity index (χ2n) is 9.58. The quantitative estimate of drug-likeness (QED) is 0.169. The second kappa shape index (κ2) is 13.0. The maximum atomic E-state index is 12.9. The molecule has 0 bridgehead atoms. The van der Waals surface area contributed by atoms with Crippen LogP contribution in [0.5, 0.6) is 0 Å². The van der Waals surface area contributed by atoms with Crippen molar-refractivity contribution < 1.29 is 9.59 Å². The van der Waals surface area contributed by atoms with Crippen LogP contribution in [0.2, 0.25) is 0 Å². The van der Waals surface area contributed by atoms with Crippen molar-refractivity contribution in [1.82, 2.24) is 4.90 Å². The third kappa shape index (κ3) is 6.77. The Balaban J connectivity index is 0.000000182. The zero-order chi connectivity index (χ0) is 29.3. The van der Waals surface area contributed by atoms with Crippen molar-refractivity contribution in [3.05, 3.63) is 109 Å². The number of anilines is 2. The summed E-state index contributed by atoms with van der Waals surface area (Å²) in [4.78, 5) is 31.3. The Morgan fingerprint density at radius 3 is 1.93 bits per heavy atom. The molecule has 4 aromatic heterocycles. The lowest BCUT2D eigenvalue weighted by Crippen LogP contribution is -2.29. The summed E-state index contributed by atoms with van der Waals surface area (Å²) in [6.45, 7) is 6.67. The molecule has 0 atom stereocenters. The number of carbonyl (C=O) groups excluding carboxylic acids is 2. The van der Waals surface area contributed by atoms with Gasteiger partial charge in [-0.05, 0) is 93.1 Å². The summed E-state index contributed by atoms with van der Waals surface area (Å²) in [5.74, 6) is 0.0808. The first-order valence-corrected chi connectivity index (χ1v) is 17.6. The van der Waals surface area contributed by atoms with Crippen LogP contribution in [0, 0.1) is 13.8 Å². The first-order valence-electron chi connectivity index (χ1n) is 12.7. The molecule has 0 saturated carbocycles. The first kappa shape index (κ1) is 30.3. The van der Waals surface area contributed by atoms with Gasteiger partial charge in [0, 0.05) is 29.4 Å². The normalized spacial score (nSPS) is 13.0. The van der Waals surface area contributed by atoms with Gasteiger partial charge in [0.15, 0.2) is 0 Å². The molecule has 41 heavy (non-hydrogen) atoms. The SMILES string of the molecule is Cc1sc(N)c(C(=O)c2ccc(Br)s2)c1C.Nc1sc2c(c1C(=O)c1ccc(Br)s1)CCN(Cc1ccccc1)C2. The minimum atomic E-state index is 0.0232. The van der Waals surface area contributed by atoms with Gasteiger partial charge in [0.2, 0.25) is 11.6 Å². The van der Waals surface area contributed by atoms with Gasteiger partial charge in [-0.1, -0.05) is 30.3 Å². The van der Waals surface area contributed by atoms with Crippen molar-refractivity contribution in [2.24, 2.45) is 0 Å². The summed E-state index contributed by atoms with van der Waals surface area (Å²) in [7, 11) is 0. The highest BCUT2D eigenvalue weighted by Gasteiger charge is 2.28. The molecule has 0 saturated heterocycles. The number of carbonyl (C=O) groups is 2. The molecule has 212 valence electrons. The third-order valence-corrected chi connectivity index (χ3v) is 12.2. The minimum absolute atomic E-state index is 0.0232. The van der Waals surface area contributed by atoms with Gasteiger partial charge >= 0.3 is 0 Å². The van der Waals surface area contributed by atoms with E-state index in [-0.39, 0.29) is 11.6 Å². The topological polar surface area (TPSA) is 89.4 Å². The Labute approximate surface area is 272 Å². The van der Waals surface area contributed by atoms with Gasteiger partial charge in [-0.3, -0.25) is 14.5 Å². The van der Waals surface area contributed by atoms with Crippen LogP contribution in [0.4, 0.5) is 10.0 Å². The highest BCUT2D eigenvalue weighted by atomic mass is 79.9. The van der Waals surface area contributed by atoms with Gasteiger partial charge in [0.25, 0.3) is 0 Å². The zero-order valence-electron chi connectivity index (χ0n) is 22.3. The number of rotatable bonds is 6. The molecule has 1 aliphatic heterocycles. The molecule has 5 aromatic rings. The fourth-order valence-corrected chi connectivity index (χ4v) is 9.51. The Hall–Kier alpha value is -2.12. The summed E-state index contributed by atoms with van der Waals surface area (Å²) in [5.41, 5.74) is 17.0. The molecule has 1 aliphatic rings. The molecule has 0 radical (unpaired) electrons. The Bertz CT molecular complexity index is 1720. The van der Waals surface area contributed by atoms with E-state index in [0.717, 1.165) is 64.9 Å². The molecule has 0 spiro atoms. The Morgan fingerprint density at radius 1 is 0.805 bits per heavy atom. The van der Waals surface area contributed by atoms with E-state index in [0.29, 0.717) is 15.6 Å². The molecule has 1 aromatic carbocycles. The van der Waals surface area contributed by atoms with Gasteiger partial charge < -0.3 is 11.5 Å². The van der Waals surface area contributed by atoms with Crippen molar-refractivity contribution in [2.75, 3.05) is 18.0 Å². The van der Waals surface area contributed by atoms with Crippen molar-refractivity contribution in [2.45, 2.75) is 33.4 Å². The van der Waals surface area contributed by atoms with Gasteiger partial charge in [-0.25, -0.2) is 0 Å². The maximum absolute atomic E-state index is 12.9. The van der Waals surface area contributed by atoms with E-state index < -0.39 is 0 Å². The molecular weight excluding hydrogens is 722 g/mol. The number of benzene rings is 1.